The lowest BCUT2D eigenvalue weighted by atomic mass is 10.2. The van der Waals surface area contributed by atoms with Crippen molar-refractivity contribution in [3.8, 4) is 11.8 Å². The highest BCUT2D eigenvalue weighted by Crippen LogP contribution is 1.94. The van der Waals surface area contributed by atoms with Crippen molar-refractivity contribution in [2.24, 2.45) is 12.9 Å². The van der Waals surface area contributed by atoms with Crippen LogP contribution in [0, 0.1) is 17.8 Å². The van der Waals surface area contributed by atoms with Crippen molar-refractivity contribution in [3.05, 3.63) is 18.0 Å². The van der Waals surface area contributed by atoms with Gasteiger partial charge in [0.25, 0.3) is 0 Å². The van der Waals surface area contributed by atoms with Gasteiger partial charge in [0.05, 0.1) is 11.8 Å². The molecule has 0 atom stereocenters. The van der Waals surface area contributed by atoms with Crippen LogP contribution in [0.15, 0.2) is 12.4 Å². The van der Waals surface area contributed by atoms with Crippen LogP contribution in [0.2, 0.25) is 0 Å². The number of hydrogen-bond donors (Lipinski definition) is 0. The molecule has 11 heavy (non-hydrogen) atoms. The summed E-state index contributed by atoms with van der Waals surface area (Å²) in [6.07, 6.45) is 2.89. The fourth-order valence-electron chi connectivity index (χ4n) is 0.615. The van der Waals surface area contributed by atoms with Crippen LogP contribution in [-0.2, 0) is 6.98 Å². The average molecular weight is 151 g/mol. The molecule has 0 aliphatic rings. The van der Waals surface area contributed by atoms with Gasteiger partial charge in [-0.25, -0.2) is 0 Å². The van der Waals surface area contributed by atoms with Gasteiger partial charge < -0.3 is 0 Å². The molecular weight excluding hydrogens is 136 g/mol. The molecule has 1 rings (SSSR count). The molecule has 0 unspecified atom stereocenters. The second kappa shape index (κ2) is 3.25. The summed E-state index contributed by atoms with van der Waals surface area (Å²) in [6.45, 7) is 1.74. The van der Waals surface area contributed by atoms with E-state index in [9.17, 15) is 0 Å². The number of aryl methyl sites for hydroxylation is 1. The molecule has 0 amide bonds. The standard InChI is InChI=1S/C9H12N2/c1-8(2)4-5-9-6-10-11(3)7-9/h6-8H,1-3H3/i3D3. The van der Waals surface area contributed by atoms with E-state index in [0.717, 1.165) is 4.68 Å². The molecule has 0 fully saturated rings. The largest absolute Gasteiger partial charge is 0.275 e. The summed E-state index contributed by atoms with van der Waals surface area (Å²) in [5.41, 5.74) is 0.634. The molecule has 0 aromatic carbocycles. The summed E-state index contributed by atoms with van der Waals surface area (Å²) in [6, 6.07) is 0. The fourth-order valence-corrected chi connectivity index (χ4v) is 0.615. The minimum absolute atomic E-state index is 0.270. The normalized spacial score (nSPS) is 14.6. The third-order valence-electron chi connectivity index (χ3n) is 1.09. The van der Waals surface area contributed by atoms with Gasteiger partial charge in [-0.2, -0.15) is 5.10 Å². The lowest BCUT2D eigenvalue weighted by molar-refractivity contribution is 0.767. The Bertz CT molecular complexity index is 365. The highest BCUT2D eigenvalue weighted by Gasteiger charge is 1.88. The third kappa shape index (κ3) is 2.46. The molecule has 1 heterocycles. The Labute approximate surface area is 71.4 Å². The maximum Gasteiger partial charge on any atom is 0.0646 e. The molecule has 0 bridgehead atoms. The summed E-state index contributed by atoms with van der Waals surface area (Å²) >= 11 is 0. The highest BCUT2D eigenvalue weighted by atomic mass is 15.2. The topological polar surface area (TPSA) is 17.8 Å². The molecule has 0 saturated carbocycles. The number of rotatable bonds is 0. The maximum atomic E-state index is 7.09. The second-order valence-corrected chi connectivity index (χ2v) is 2.60. The summed E-state index contributed by atoms with van der Waals surface area (Å²) < 4.78 is 22.2. The van der Waals surface area contributed by atoms with Gasteiger partial charge in [0, 0.05) is 23.2 Å². The number of hydrogen-bond acceptors (Lipinski definition) is 1. The van der Waals surface area contributed by atoms with E-state index in [2.05, 4.69) is 16.9 Å². The number of nitrogens with zero attached hydrogens (tertiary/aromatic N) is 2. The Morgan fingerprint density at radius 1 is 1.73 bits per heavy atom. The molecule has 0 saturated heterocycles. The van der Waals surface area contributed by atoms with Gasteiger partial charge in [0.2, 0.25) is 0 Å². The lowest BCUT2D eigenvalue weighted by Gasteiger charge is -1.85. The molecule has 0 radical (unpaired) electrons. The molecule has 0 N–H and O–H groups in total. The second-order valence-electron chi connectivity index (χ2n) is 2.60. The van der Waals surface area contributed by atoms with Crippen molar-refractivity contribution in [2.45, 2.75) is 13.8 Å². The summed E-state index contributed by atoms with van der Waals surface area (Å²) in [7, 11) is 0. The molecule has 0 spiro atoms. The van der Waals surface area contributed by atoms with E-state index >= 15 is 0 Å². The first-order valence-corrected chi connectivity index (χ1v) is 3.46. The van der Waals surface area contributed by atoms with Crippen LogP contribution in [0.3, 0.4) is 0 Å². The summed E-state index contributed by atoms with van der Waals surface area (Å²) in [5, 5.41) is 3.72. The van der Waals surface area contributed by atoms with Crippen LogP contribution in [0.25, 0.3) is 0 Å². The van der Waals surface area contributed by atoms with Gasteiger partial charge in [-0.05, 0) is 0 Å². The predicted octanol–water partition coefficient (Wildman–Crippen LogP) is 1.43. The number of aromatic nitrogens is 2. The first kappa shape index (κ1) is 4.61. The zero-order valence-corrected chi connectivity index (χ0v) is 6.63. The Kier molecular flexibility index (Phi) is 1.36. The zero-order chi connectivity index (χ0) is 10.8. The highest BCUT2D eigenvalue weighted by molar-refractivity contribution is 5.29. The molecule has 0 aliphatic heterocycles. The van der Waals surface area contributed by atoms with Crippen LogP contribution in [0.1, 0.15) is 23.5 Å². The van der Waals surface area contributed by atoms with Gasteiger partial charge in [0.1, 0.15) is 0 Å². The first-order chi connectivity index (χ1) is 6.39. The van der Waals surface area contributed by atoms with Crippen LogP contribution in [0.4, 0.5) is 0 Å². The van der Waals surface area contributed by atoms with Gasteiger partial charge in [0.15, 0.2) is 0 Å². The fraction of sp³-hybridized carbons (Fsp3) is 0.444. The molecular formula is C9H12N2. The first-order valence-electron chi connectivity index (χ1n) is 4.96. The average Bonchev–Trinajstić information content (AvgIpc) is 2.47. The summed E-state index contributed by atoms with van der Waals surface area (Å²) in [4.78, 5) is 0. The van der Waals surface area contributed by atoms with Crippen LogP contribution in [0.5, 0.6) is 0 Å². The van der Waals surface area contributed by atoms with Gasteiger partial charge in [-0.3, -0.25) is 4.68 Å². The third-order valence-corrected chi connectivity index (χ3v) is 1.09. The Morgan fingerprint density at radius 3 is 3.09 bits per heavy atom. The predicted molar refractivity (Wildman–Crippen MR) is 44.9 cm³/mol. The maximum absolute atomic E-state index is 7.09. The minimum atomic E-state index is -2.21. The zero-order valence-electron chi connectivity index (χ0n) is 9.63. The van der Waals surface area contributed by atoms with Crippen molar-refractivity contribution >= 4 is 0 Å². The van der Waals surface area contributed by atoms with Crippen molar-refractivity contribution in [1.82, 2.24) is 9.78 Å². The van der Waals surface area contributed by atoms with E-state index in [4.69, 9.17) is 4.11 Å². The molecule has 2 nitrogen and oxygen atoms in total. The van der Waals surface area contributed by atoms with Gasteiger partial charge in [-0.15, -0.1) is 0 Å². The van der Waals surface area contributed by atoms with Crippen molar-refractivity contribution < 1.29 is 4.11 Å². The molecule has 0 aliphatic carbocycles. The Morgan fingerprint density at radius 2 is 2.55 bits per heavy atom. The van der Waals surface area contributed by atoms with E-state index in [1.165, 1.54) is 12.4 Å². The molecule has 2 heteroatoms. The molecule has 1 aromatic rings. The quantitative estimate of drug-likeness (QED) is 0.513. The van der Waals surface area contributed by atoms with E-state index < -0.39 is 6.98 Å². The van der Waals surface area contributed by atoms with Gasteiger partial charge >= 0.3 is 0 Å². The van der Waals surface area contributed by atoms with E-state index in [-0.39, 0.29) is 5.92 Å². The summed E-state index contributed by atoms with van der Waals surface area (Å²) in [5.74, 6) is 6.06. The minimum Gasteiger partial charge on any atom is -0.275 e. The monoisotopic (exact) mass is 151 g/mol. The van der Waals surface area contributed by atoms with Crippen molar-refractivity contribution in [1.29, 1.82) is 0 Å². The SMILES string of the molecule is [2H]C([2H])([2H])n1cc(C#CC(C)C)cn1. The Hall–Kier alpha value is -1.23. The van der Waals surface area contributed by atoms with E-state index in [1.54, 1.807) is 0 Å². The van der Waals surface area contributed by atoms with Crippen molar-refractivity contribution in [3.63, 3.8) is 0 Å². The van der Waals surface area contributed by atoms with Crippen LogP contribution >= 0.6 is 0 Å². The Balaban J connectivity index is 2.86. The smallest absolute Gasteiger partial charge is 0.0646 e. The molecule has 1 aromatic heterocycles. The van der Waals surface area contributed by atoms with Crippen LogP contribution < -0.4 is 0 Å². The lowest BCUT2D eigenvalue weighted by Crippen LogP contribution is -1.84. The van der Waals surface area contributed by atoms with Crippen LogP contribution in [-0.4, -0.2) is 9.78 Å². The van der Waals surface area contributed by atoms with E-state index in [0.29, 0.717) is 5.56 Å². The van der Waals surface area contributed by atoms with E-state index in [1.807, 2.05) is 13.8 Å². The molecule has 58 valence electrons. The van der Waals surface area contributed by atoms with Gasteiger partial charge in [-0.1, -0.05) is 25.7 Å². The van der Waals surface area contributed by atoms with Crippen molar-refractivity contribution in [2.75, 3.05) is 0 Å².